The summed E-state index contributed by atoms with van der Waals surface area (Å²) < 4.78 is 48.9. The van der Waals surface area contributed by atoms with Crippen LogP contribution in [0.3, 0.4) is 0 Å². The van der Waals surface area contributed by atoms with E-state index in [4.69, 9.17) is 23.8 Å². The standard InChI is InChI=1S/C17H19N3O4.C2HF3O2/c1-11-15(23-10-19-11)17(21)20-8-5-13(16-12(20)6-9-22-16)24-14-4-2-3-7-18-14;3-2(4,5)1(6)7/h2-4,7,10,12-13,16H,5-6,8-9H2,1H3;(H,6,7)/t12-,13+,16-;/m0./s1. The van der Waals surface area contributed by atoms with E-state index in [1.807, 2.05) is 23.1 Å². The minimum absolute atomic E-state index is 0.00976. The molecule has 0 bridgehead atoms. The third-order valence-corrected chi connectivity index (χ3v) is 4.88. The molecule has 4 heterocycles. The van der Waals surface area contributed by atoms with Gasteiger partial charge in [-0.3, -0.25) is 4.79 Å². The molecule has 0 spiro atoms. The van der Waals surface area contributed by atoms with E-state index in [1.54, 1.807) is 13.1 Å². The largest absolute Gasteiger partial charge is 0.490 e. The minimum atomic E-state index is -5.08. The molecule has 12 heteroatoms. The first-order chi connectivity index (χ1) is 14.7. The van der Waals surface area contributed by atoms with Crippen LogP contribution in [0.1, 0.15) is 29.1 Å². The van der Waals surface area contributed by atoms with Crippen LogP contribution in [0.15, 0.2) is 35.2 Å². The van der Waals surface area contributed by atoms with E-state index in [2.05, 4.69) is 9.97 Å². The highest BCUT2D eigenvalue weighted by atomic mass is 19.4. The summed E-state index contributed by atoms with van der Waals surface area (Å²) in [5, 5.41) is 7.12. The zero-order valence-corrected chi connectivity index (χ0v) is 16.4. The third-order valence-electron chi connectivity index (χ3n) is 4.88. The molecule has 4 rings (SSSR count). The van der Waals surface area contributed by atoms with Gasteiger partial charge in [-0.05, 0) is 19.4 Å². The molecule has 1 N–H and O–H groups in total. The van der Waals surface area contributed by atoms with Crippen LogP contribution in [-0.2, 0) is 9.53 Å². The zero-order chi connectivity index (χ0) is 22.6. The highest BCUT2D eigenvalue weighted by Gasteiger charge is 2.46. The van der Waals surface area contributed by atoms with E-state index >= 15 is 0 Å². The average molecular weight is 443 g/mol. The molecule has 168 valence electrons. The number of aromatic nitrogens is 2. The van der Waals surface area contributed by atoms with Crippen molar-refractivity contribution in [1.29, 1.82) is 0 Å². The second kappa shape index (κ2) is 9.33. The Hall–Kier alpha value is -3.15. The van der Waals surface area contributed by atoms with Crippen LogP contribution in [0.5, 0.6) is 5.88 Å². The molecule has 31 heavy (non-hydrogen) atoms. The minimum Gasteiger partial charge on any atom is -0.475 e. The van der Waals surface area contributed by atoms with Gasteiger partial charge in [-0.15, -0.1) is 0 Å². The Morgan fingerprint density at radius 2 is 2.00 bits per heavy atom. The SMILES string of the molecule is Cc1ncoc1C(=O)N1CC[C@@H](Oc2ccccn2)[C@H]2OCC[C@@H]21.O=C(O)C(F)(F)F. The van der Waals surface area contributed by atoms with E-state index in [-0.39, 0.29) is 24.2 Å². The summed E-state index contributed by atoms with van der Waals surface area (Å²) in [6, 6.07) is 5.56. The van der Waals surface area contributed by atoms with Crippen LogP contribution >= 0.6 is 0 Å². The van der Waals surface area contributed by atoms with E-state index < -0.39 is 12.1 Å². The Balaban J connectivity index is 0.000000339. The molecule has 2 aliphatic rings. The lowest BCUT2D eigenvalue weighted by atomic mass is 9.95. The van der Waals surface area contributed by atoms with Gasteiger partial charge in [-0.25, -0.2) is 14.8 Å². The first kappa shape index (κ1) is 22.5. The molecule has 3 atom stereocenters. The first-order valence-electron chi connectivity index (χ1n) is 9.39. The van der Waals surface area contributed by atoms with Crippen molar-refractivity contribution in [2.45, 2.75) is 44.2 Å². The number of rotatable bonds is 3. The van der Waals surface area contributed by atoms with Crippen LogP contribution < -0.4 is 4.74 Å². The van der Waals surface area contributed by atoms with Gasteiger partial charge >= 0.3 is 12.1 Å². The number of nitrogens with zero attached hydrogens (tertiary/aromatic N) is 3. The molecular weight excluding hydrogens is 423 g/mol. The molecule has 0 saturated carbocycles. The molecule has 0 unspecified atom stereocenters. The number of carboxylic acid groups (broad SMARTS) is 1. The molecule has 2 aromatic rings. The fourth-order valence-corrected chi connectivity index (χ4v) is 3.47. The molecule has 0 aromatic carbocycles. The number of piperidine rings is 1. The van der Waals surface area contributed by atoms with Gasteiger partial charge in [-0.2, -0.15) is 13.2 Å². The fraction of sp³-hybridized carbons (Fsp3) is 0.474. The monoisotopic (exact) mass is 443 g/mol. The van der Waals surface area contributed by atoms with Gasteiger partial charge in [0, 0.05) is 31.8 Å². The number of pyridine rings is 1. The number of aliphatic carboxylic acids is 1. The second-order valence-corrected chi connectivity index (χ2v) is 6.87. The van der Waals surface area contributed by atoms with E-state index in [9.17, 15) is 18.0 Å². The summed E-state index contributed by atoms with van der Waals surface area (Å²) in [6.07, 6.45) is -0.835. The van der Waals surface area contributed by atoms with Crippen molar-refractivity contribution >= 4 is 11.9 Å². The van der Waals surface area contributed by atoms with Gasteiger partial charge in [0.15, 0.2) is 6.39 Å². The number of carboxylic acids is 1. The second-order valence-electron chi connectivity index (χ2n) is 6.87. The number of alkyl halides is 3. The Morgan fingerprint density at radius 1 is 1.26 bits per heavy atom. The number of halogens is 3. The van der Waals surface area contributed by atoms with Crippen LogP contribution in [-0.4, -0.2) is 69.4 Å². The summed E-state index contributed by atoms with van der Waals surface area (Å²) in [5.41, 5.74) is 0.613. The molecule has 2 aromatic heterocycles. The van der Waals surface area contributed by atoms with Crippen LogP contribution in [0.25, 0.3) is 0 Å². The Kier molecular flexibility index (Phi) is 6.78. The highest BCUT2D eigenvalue weighted by molar-refractivity contribution is 5.92. The molecular formula is C19H20F3N3O6. The first-order valence-corrected chi connectivity index (χ1v) is 9.39. The third kappa shape index (κ3) is 5.32. The van der Waals surface area contributed by atoms with Crippen molar-refractivity contribution in [3.05, 3.63) is 42.2 Å². The number of carbonyl (C=O) groups excluding carboxylic acids is 1. The van der Waals surface area contributed by atoms with E-state index in [0.29, 0.717) is 36.9 Å². The fourth-order valence-electron chi connectivity index (χ4n) is 3.47. The maximum Gasteiger partial charge on any atom is 0.490 e. The Labute approximate surface area is 174 Å². The summed E-state index contributed by atoms with van der Waals surface area (Å²) in [7, 11) is 0. The molecule has 0 aliphatic carbocycles. The Morgan fingerprint density at radius 3 is 2.58 bits per heavy atom. The summed E-state index contributed by atoms with van der Waals surface area (Å²) in [6.45, 7) is 2.99. The van der Waals surface area contributed by atoms with Crippen molar-refractivity contribution in [1.82, 2.24) is 14.9 Å². The molecule has 2 aliphatic heterocycles. The number of hydrogen-bond donors (Lipinski definition) is 1. The zero-order valence-electron chi connectivity index (χ0n) is 16.4. The molecule has 2 fully saturated rings. The van der Waals surface area contributed by atoms with Crippen molar-refractivity contribution < 1.29 is 41.8 Å². The van der Waals surface area contributed by atoms with Gasteiger partial charge in [0.25, 0.3) is 5.91 Å². The van der Waals surface area contributed by atoms with Crippen LogP contribution in [0.2, 0.25) is 0 Å². The van der Waals surface area contributed by atoms with Crippen LogP contribution in [0.4, 0.5) is 13.2 Å². The van der Waals surface area contributed by atoms with Gasteiger partial charge in [0.05, 0.1) is 11.7 Å². The molecule has 1 amide bonds. The normalized spacial score (nSPS) is 22.8. The number of likely N-dealkylation sites (tertiary alicyclic amines) is 1. The lowest BCUT2D eigenvalue weighted by Crippen LogP contribution is -2.56. The molecule has 2 saturated heterocycles. The quantitative estimate of drug-likeness (QED) is 0.770. The van der Waals surface area contributed by atoms with Gasteiger partial charge < -0.3 is 23.9 Å². The Bertz CT molecular complexity index is 905. The van der Waals surface area contributed by atoms with E-state index in [1.165, 1.54) is 6.39 Å². The van der Waals surface area contributed by atoms with Crippen molar-refractivity contribution in [2.24, 2.45) is 0 Å². The number of ether oxygens (including phenoxy) is 2. The maximum absolute atomic E-state index is 12.8. The number of amides is 1. The van der Waals surface area contributed by atoms with E-state index in [0.717, 1.165) is 6.42 Å². The maximum atomic E-state index is 12.8. The topological polar surface area (TPSA) is 115 Å². The van der Waals surface area contributed by atoms with Crippen molar-refractivity contribution in [3.63, 3.8) is 0 Å². The number of aryl methyl sites for hydroxylation is 1. The number of oxazole rings is 1. The predicted octanol–water partition coefficient (Wildman–Crippen LogP) is 2.46. The highest BCUT2D eigenvalue weighted by Crippen LogP contribution is 2.32. The number of carbonyl (C=O) groups is 2. The lowest BCUT2D eigenvalue weighted by molar-refractivity contribution is -0.192. The van der Waals surface area contributed by atoms with Gasteiger partial charge in [-0.1, -0.05) is 6.07 Å². The summed E-state index contributed by atoms with van der Waals surface area (Å²) in [5.74, 6) is -1.98. The molecule has 0 radical (unpaired) electrons. The van der Waals surface area contributed by atoms with Crippen molar-refractivity contribution in [3.8, 4) is 5.88 Å². The molecule has 9 nitrogen and oxygen atoms in total. The number of hydrogen-bond acceptors (Lipinski definition) is 7. The summed E-state index contributed by atoms with van der Waals surface area (Å²) in [4.78, 5) is 31.7. The summed E-state index contributed by atoms with van der Waals surface area (Å²) >= 11 is 0. The van der Waals surface area contributed by atoms with Gasteiger partial charge in [0.1, 0.15) is 12.2 Å². The van der Waals surface area contributed by atoms with Gasteiger partial charge in [0.2, 0.25) is 11.6 Å². The predicted molar refractivity (Wildman–Crippen MR) is 97.4 cm³/mol. The lowest BCUT2D eigenvalue weighted by Gasteiger charge is -2.40. The van der Waals surface area contributed by atoms with Crippen LogP contribution in [0, 0.1) is 6.92 Å². The number of fused-ring (bicyclic) bond motifs is 1. The average Bonchev–Trinajstić information content (AvgIpc) is 3.38. The van der Waals surface area contributed by atoms with Crippen molar-refractivity contribution in [2.75, 3.05) is 13.2 Å². The smallest absolute Gasteiger partial charge is 0.475 e.